The molecule has 1 N–H and O–H groups in total. The Kier molecular flexibility index (Phi) is 4.32. The van der Waals surface area contributed by atoms with Gasteiger partial charge >= 0.3 is 6.16 Å². The highest BCUT2D eigenvalue weighted by Gasteiger charge is 2.06. The number of rotatable bonds is 3. The van der Waals surface area contributed by atoms with E-state index in [9.17, 15) is 4.79 Å². The van der Waals surface area contributed by atoms with Crippen molar-refractivity contribution in [2.45, 2.75) is 13.2 Å². The summed E-state index contributed by atoms with van der Waals surface area (Å²) in [5.74, 6) is 0. The van der Waals surface area contributed by atoms with Crippen molar-refractivity contribution in [1.82, 2.24) is 0 Å². The van der Waals surface area contributed by atoms with Gasteiger partial charge in [0.05, 0.1) is 6.61 Å². The molecule has 4 nitrogen and oxygen atoms in total. The number of hydrogen-bond acceptors (Lipinski definition) is 4. The van der Waals surface area contributed by atoms with Crippen LogP contribution in [0.25, 0.3) is 0 Å². The Morgan fingerprint density at radius 1 is 1.90 bits per heavy atom. The monoisotopic (exact) mass is 146 g/mol. The lowest BCUT2D eigenvalue weighted by molar-refractivity contribution is -0.0496. The van der Waals surface area contributed by atoms with Gasteiger partial charge in [-0.1, -0.05) is 6.58 Å². The second-order valence-electron chi connectivity index (χ2n) is 1.43. The fraction of sp³-hybridized carbons (Fsp3) is 0.500. The van der Waals surface area contributed by atoms with Crippen LogP contribution in [0.1, 0.15) is 6.92 Å². The lowest BCUT2D eigenvalue weighted by Crippen LogP contribution is -2.15. The minimum absolute atomic E-state index is 0.225. The van der Waals surface area contributed by atoms with Gasteiger partial charge in [0.25, 0.3) is 0 Å². The van der Waals surface area contributed by atoms with E-state index in [0.717, 1.165) is 6.08 Å². The molecule has 10 heavy (non-hydrogen) atoms. The van der Waals surface area contributed by atoms with E-state index in [1.54, 1.807) is 6.92 Å². The SMILES string of the molecule is C=CC(O)OC(=O)OCC. The van der Waals surface area contributed by atoms with Gasteiger partial charge in [-0.2, -0.15) is 0 Å². The minimum atomic E-state index is -1.28. The van der Waals surface area contributed by atoms with E-state index in [2.05, 4.69) is 16.1 Å². The zero-order valence-electron chi connectivity index (χ0n) is 5.74. The molecule has 1 unspecified atom stereocenters. The predicted octanol–water partition coefficient (Wildman–Crippen LogP) is 0.664. The van der Waals surface area contributed by atoms with Crippen molar-refractivity contribution in [3.63, 3.8) is 0 Å². The number of ether oxygens (including phenoxy) is 2. The molecule has 4 heteroatoms. The van der Waals surface area contributed by atoms with E-state index in [1.165, 1.54) is 0 Å². The van der Waals surface area contributed by atoms with Gasteiger partial charge < -0.3 is 14.6 Å². The number of aliphatic hydroxyl groups is 1. The highest BCUT2D eigenvalue weighted by atomic mass is 16.8. The van der Waals surface area contributed by atoms with Gasteiger partial charge in [0.15, 0.2) is 0 Å². The Bertz CT molecular complexity index is 121. The van der Waals surface area contributed by atoms with Crippen LogP contribution in [-0.2, 0) is 9.47 Å². The van der Waals surface area contributed by atoms with Crippen LogP contribution in [0.5, 0.6) is 0 Å². The molecule has 0 aliphatic heterocycles. The Hall–Kier alpha value is -1.03. The molecule has 0 bridgehead atoms. The fourth-order valence-electron chi connectivity index (χ4n) is 0.299. The maximum Gasteiger partial charge on any atom is 0.510 e. The molecule has 0 aromatic rings. The van der Waals surface area contributed by atoms with E-state index < -0.39 is 12.4 Å². The molecule has 0 radical (unpaired) electrons. The third kappa shape index (κ3) is 3.91. The van der Waals surface area contributed by atoms with Crippen LogP contribution >= 0.6 is 0 Å². The van der Waals surface area contributed by atoms with Gasteiger partial charge in [0.2, 0.25) is 6.29 Å². The van der Waals surface area contributed by atoms with Gasteiger partial charge in [-0.3, -0.25) is 0 Å². The van der Waals surface area contributed by atoms with Crippen molar-refractivity contribution in [1.29, 1.82) is 0 Å². The molecule has 0 saturated carbocycles. The molecule has 0 spiro atoms. The highest BCUT2D eigenvalue weighted by molar-refractivity contribution is 5.60. The first-order valence-electron chi connectivity index (χ1n) is 2.84. The molecule has 58 valence electrons. The molecule has 0 aliphatic carbocycles. The zero-order chi connectivity index (χ0) is 7.98. The molecular formula is C6H10O4. The highest BCUT2D eigenvalue weighted by Crippen LogP contribution is 1.91. The summed E-state index contributed by atoms with van der Waals surface area (Å²) in [5.41, 5.74) is 0. The Labute approximate surface area is 59.1 Å². The lowest BCUT2D eigenvalue weighted by atomic mass is 10.6. The van der Waals surface area contributed by atoms with Crippen LogP contribution in [0.3, 0.4) is 0 Å². The second-order valence-corrected chi connectivity index (χ2v) is 1.43. The molecule has 0 aromatic heterocycles. The molecule has 0 heterocycles. The third-order valence-corrected chi connectivity index (χ3v) is 0.681. The summed E-state index contributed by atoms with van der Waals surface area (Å²) in [6, 6.07) is 0. The van der Waals surface area contributed by atoms with Gasteiger partial charge in [0.1, 0.15) is 0 Å². The normalized spacial score (nSPS) is 11.8. The summed E-state index contributed by atoms with van der Waals surface area (Å²) < 4.78 is 8.56. The Morgan fingerprint density at radius 2 is 2.50 bits per heavy atom. The van der Waals surface area contributed by atoms with Crippen LogP contribution in [-0.4, -0.2) is 24.2 Å². The quantitative estimate of drug-likeness (QED) is 0.361. The number of hydrogen-bond donors (Lipinski definition) is 1. The number of carbonyl (C=O) groups excluding carboxylic acids is 1. The van der Waals surface area contributed by atoms with Crippen molar-refractivity contribution in [3.8, 4) is 0 Å². The average Bonchev–Trinajstić information content (AvgIpc) is 1.88. The summed E-state index contributed by atoms with van der Waals surface area (Å²) in [4.78, 5) is 10.4. The molecule has 0 amide bonds. The van der Waals surface area contributed by atoms with Crippen LogP contribution in [0.2, 0.25) is 0 Å². The van der Waals surface area contributed by atoms with Crippen LogP contribution in [0, 0.1) is 0 Å². The largest absolute Gasteiger partial charge is 0.510 e. The lowest BCUT2D eigenvalue weighted by Gasteiger charge is -2.05. The fourth-order valence-corrected chi connectivity index (χ4v) is 0.299. The van der Waals surface area contributed by atoms with Crippen LogP contribution in [0.15, 0.2) is 12.7 Å². The molecule has 0 saturated heterocycles. The first-order valence-corrected chi connectivity index (χ1v) is 2.84. The topological polar surface area (TPSA) is 55.8 Å². The molecular weight excluding hydrogens is 136 g/mol. The van der Waals surface area contributed by atoms with Crippen molar-refractivity contribution in [3.05, 3.63) is 12.7 Å². The smallest absolute Gasteiger partial charge is 0.435 e. The number of aliphatic hydroxyl groups excluding tert-OH is 1. The first kappa shape index (κ1) is 8.97. The van der Waals surface area contributed by atoms with Crippen molar-refractivity contribution in [2.75, 3.05) is 6.61 Å². The van der Waals surface area contributed by atoms with E-state index in [-0.39, 0.29) is 6.61 Å². The van der Waals surface area contributed by atoms with Gasteiger partial charge in [-0.15, -0.1) is 0 Å². The Morgan fingerprint density at radius 3 is 2.90 bits per heavy atom. The van der Waals surface area contributed by atoms with Crippen molar-refractivity contribution in [2.24, 2.45) is 0 Å². The minimum Gasteiger partial charge on any atom is -0.435 e. The first-order chi connectivity index (χ1) is 4.70. The molecule has 0 rings (SSSR count). The molecule has 0 aromatic carbocycles. The van der Waals surface area contributed by atoms with Crippen LogP contribution < -0.4 is 0 Å². The summed E-state index contributed by atoms with van der Waals surface area (Å²) in [6.45, 7) is 5.06. The van der Waals surface area contributed by atoms with E-state index in [4.69, 9.17) is 5.11 Å². The standard InChI is InChI=1S/C6H10O4/c1-3-5(7)10-6(8)9-4-2/h3,5,7H,1,4H2,2H3. The van der Waals surface area contributed by atoms with Crippen LogP contribution in [0.4, 0.5) is 4.79 Å². The Balaban J connectivity index is 3.46. The van der Waals surface area contributed by atoms with Gasteiger partial charge in [-0.05, 0) is 13.0 Å². The van der Waals surface area contributed by atoms with E-state index >= 15 is 0 Å². The average molecular weight is 146 g/mol. The summed E-state index contributed by atoms with van der Waals surface area (Å²) >= 11 is 0. The molecule has 0 aliphatic rings. The van der Waals surface area contributed by atoms with Crippen molar-refractivity contribution >= 4 is 6.16 Å². The second kappa shape index (κ2) is 4.81. The molecule has 0 fully saturated rings. The summed E-state index contributed by atoms with van der Waals surface area (Å²) in [5, 5.41) is 8.61. The predicted molar refractivity (Wildman–Crippen MR) is 34.3 cm³/mol. The zero-order valence-corrected chi connectivity index (χ0v) is 5.74. The summed E-state index contributed by atoms with van der Waals surface area (Å²) in [7, 11) is 0. The molecule has 1 atom stereocenters. The van der Waals surface area contributed by atoms with E-state index in [0.29, 0.717) is 0 Å². The number of carbonyl (C=O) groups is 1. The van der Waals surface area contributed by atoms with E-state index in [1.807, 2.05) is 0 Å². The maximum atomic E-state index is 10.4. The summed E-state index contributed by atoms with van der Waals surface area (Å²) in [6.07, 6.45) is -1.09. The third-order valence-electron chi connectivity index (χ3n) is 0.681. The van der Waals surface area contributed by atoms with Gasteiger partial charge in [-0.25, -0.2) is 4.79 Å². The van der Waals surface area contributed by atoms with Gasteiger partial charge in [0, 0.05) is 0 Å². The van der Waals surface area contributed by atoms with Crippen molar-refractivity contribution < 1.29 is 19.4 Å². The maximum absolute atomic E-state index is 10.4.